The van der Waals surface area contributed by atoms with Crippen LogP contribution in [0.25, 0.3) is 0 Å². The molecule has 4 bridgehead atoms. The van der Waals surface area contributed by atoms with Crippen LogP contribution in [-0.2, 0) is 6.54 Å². The van der Waals surface area contributed by atoms with E-state index < -0.39 is 0 Å². The first kappa shape index (κ1) is 11.3. The molecule has 3 heteroatoms. The number of thiophene rings is 1. The highest BCUT2D eigenvalue weighted by Gasteiger charge is 2.50. The highest BCUT2D eigenvalue weighted by atomic mass is 32.1. The molecule has 0 atom stereocenters. The molecule has 4 saturated carbocycles. The lowest BCUT2D eigenvalue weighted by molar-refractivity contribution is -0.0204. The predicted molar refractivity (Wildman–Crippen MR) is 76.5 cm³/mol. The summed E-state index contributed by atoms with van der Waals surface area (Å²) in [5, 5.41) is 4.85. The first-order chi connectivity index (χ1) is 8.71. The highest BCUT2D eigenvalue weighted by molar-refractivity contribution is 7.15. The van der Waals surface area contributed by atoms with Crippen molar-refractivity contribution in [2.45, 2.75) is 50.6 Å². The second-order valence-electron chi connectivity index (χ2n) is 6.86. The maximum atomic E-state index is 5.81. The van der Waals surface area contributed by atoms with Crippen molar-refractivity contribution in [1.82, 2.24) is 5.32 Å². The zero-order chi connectivity index (χ0) is 12.2. The Hall–Kier alpha value is -0.540. The summed E-state index contributed by atoms with van der Waals surface area (Å²) < 4.78 is 0. The zero-order valence-electron chi connectivity index (χ0n) is 10.8. The molecule has 0 aliphatic heterocycles. The van der Waals surface area contributed by atoms with Gasteiger partial charge in [0.2, 0.25) is 0 Å². The van der Waals surface area contributed by atoms with E-state index in [4.69, 9.17) is 5.73 Å². The van der Waals surface area contributed by atoms with Gasteiger partial charge in [-0.1, -0.05) is 0 Å². The fraction of sp³-hybridized carbons (Fsp3) is 0.733. The van der Waals surface area contributed by atoms with Crippen molar-refractivity contribution in [3.63, 3.8) is 0 Å². The van der Waals surface area contributed by atoms with E-state index in [2.05, 4.69) is 11.4 Å². The van der Waals surface area contributed by atoms with E-state index in [0.717, 1.165) is 29.3 Å². The predicted octanol–water partition coefficient (Wildman–Crippen LogP) is 3.39. The van der Waals surface area contributed by atoms with Gasteiger partial charge in [-0.25, -0.2) is 0 Å². The van der Waals surface area contributed by atoms with E-state index in [1.54, 1.807) is 11.3 Å². The van der Waals surface area contributed by atoms with Gasteiger partial charge in [0.15, 0.2) is 0 Å². The van der Waals surface area contributed by atoms with Crippen LogP contribution < -0.4 is 11.1 Å². The second-order valence-corrected chi connectivity index (χ2v) is 8.06. The van der Waals surface area contributed by atoms with Gasteiger partial charge in [0.25, 0.3) is 0 Å². The first-order valence-electron chi connectivity index (χ1n) is 7.30. The van der Waals surface area contributed by atoms with Crippen LogP contribution in [0.15, 0.2) is 12.1 Å². The number of nitrogens with two attached hydrogens (primary N) is 1. The summed E-state index contributed by atoms with van der Waals surface area (Å²) in [5.41, 5.74) is 6.29. The van der Waals surface area contributed by atoms with Crippen LogP contribution in [0.5, 0.6) is 0 Å². The van der Waals surface area contributed by atoms with Crippen LogP contribution in [0.3, 0.4) is 0 Å². The molecule has 1 heterocycles. The molecular weight excluding hydrogens is 240 g/mol. The summed E-state index contributed by atoms with van der Waals surface area (Å²) in [6.45, 7) is 1.02. The summed E-state index contributed by atoms with van der Waals surface area (Å²) in [4.78, 5) is 1.39. The fourth-order valence-corrected chi connectivity index (χ4v) is 5.81. The number of rotatable bonds is 3. The Balaban J connectivity index is 1.47. The number of hydrogen-bond acceptors (Lipinski definition) is 3. The molecule has 0 amide bonds. The lowest BCUT2D eigenvalue weighted by Gasteiger charge is -2.57. The van der Waals surface area contributed by atoms with E-state index in [-0.39, 0.29) is 0 Å². The largest absolute Gasteiger partial charge is 0.391 e. The Kier molecular flexibility index (Phi) is 2.50. The van der Waals surface area contributed by atoms with Gasteiger partial charge in [-0.2, -0.15) is 0 Å². The average molecular weight is 262 g/mol. The summed E-state index contributed by atoms with van der Waals surface area (Å²) in [6.07, 6.45) is 8.85. The van der Waals surface area contributed by atoms with Crippen molar-refractivity contribution < 1.29 is 0 Å². The Morgan fingerprint density at radius 2 is 1.72 bits per heavy atom. The molecule has 0 radical (unpaired) electrons. The second kappa shape index (κ2) is 3.97. The van der Waals surface area contributed by atoms with Crippen LogP contribution in [0.2, 0.25) is 0 Å². The van der Waals surface area contributed by atoms with Gasteiger partial charge < -0.3 is 11.1 Å². The van der Waals surface area contributed by atoms with E-state index in [1.165, 1.54) is 43.4 Å². The molecule has 0 spiro atoms. The first-order valence-corrected chi connectivity index (χ1v) is 8.12. The molecule has 3 N–H and O–H groups in total. The Bertz CT molecular complexity index is 416. The van der Waals surface area contributed by atoms with Crippen LogP contribution in [0.4, 0.5) is 5.00 Å². The summed E-state index contributed by atoms with van der Waals surface area (Å²) in [7, 11) is 0. The maximum Gasteiger partial charge on any atom is 0.0859 e. The van der Waals surface area contributed by atoms with Crippen molar-refractivity contribution in [3.05, 3.63) is 17.0 Å². The van der Waals surface area contributed by atoms with E-state index in [1.807, 2.05) is 6.07 Å². The lowest BCUT2D eigenvalue weighted by Crippen LogP contribution is -2.58. The van der Waals surface area contributed by atoms with Gasteiger partial charge >= 0.3 is 0 Å². The molecule has 1 aromatic rings. The number of nitrogens with one attached hydrogen (secondary N) is 1. The quantitative estimate of drug-likeness (QED) is 0.876. The van der Waals surface area contributed by atoms with E-state index >= 15 is 0 Å². The monoisotopic (exact) mass is 262 g/mol. The van der Waals surface area contributed by atoms with E-state index in [0.29, 0.717) is 5.54 Å². The molecule has 0 aromatic carbocycles. The maximum absolute atomic E-state index is 5.81. The topological polar surface area (TPSA) is 38.0 Å². The van der Waals surface area contributed by atoms with Gasteiger partial charge in [-0.05, 0) is 68.4 Å². The molecular formula is C15H22N2S. The minimum absolute atomic E-state index is 0.480. The number of hydrogen-bond donors (Lipinski definition) is 2. The molecule has 4 aliphatic rings. The van der Waals surface area contributed by atoms with Gasteiger partial charge in [0.05, 0.1) is 5.00 Å². The Morgan fingerprint density at radius 1 is 1.11 bits per heavy atom. The van der Waals surface area contributed by atoms with Crippen molar-refractivity contribution in [1.29, 1.82) is 0 Å². The normalized spacial score (nSPS) is 41.4. The van der Waals surface area contributed by atoms with Crippen molar-refractivity contribution in [2.75, 3.05) is 5.73 Å². The molecule has 0 saturated heterocycles. The van der Waals surface area contributed by atoms with Crippen LogP contribution >= 0.6 is 11.3 Å². The molecule has 98 valence electrons. The Labute approximate surface area is 113 Å². The minimum Gasteiger partial charge on any atom is -0.391 e. The highest BCUT2D eigenvalue weighted by Crippen LogP contribution is 2.55. The molecule has 2 nitrogen and oxygen atoms in total. The van der Waals surface area contributed by atoms with Crippen molar-refractivity contribution in [3.8, 4) is 0 Å². The average Bonchev–Trinajstić information content (AvgIpc) is 2.71. The third kappa shape index (κ3) is 1.88. The van der Waals surface area contributed by atoms with Gasteiger partial charge in [-0.15, -0.1) is 11.3 Å². The standard InChI is InChI=1S/C15H22N2S/c16-14-2-1-13(18-14)9-17-15-6-10-3-11(7-15)5-12(4-10)8-15/h1-2,10-12,17H,3-9,16H2. The lowest BCUT2D eigenvalue weighted by atomic mass is 9.53. The molecule has 4 aliphatic carbocycles. The number of anilines is 1. The number of nitrogen functional groups attached to an aromatic ring is 1. The Morgan fingerprint density at radius 3 is 2.22 bits per heavy atom. The molecule has 18 heavy (non-hydrogen) atoms. The van der Waals surface area contributed by atoms with Gasteiger partial charge in [0.1, 0.15) is 0 Å². The third-order valence-electron chi connectivity index (χ3n) is 5.36. The summed E-state index contributed by atoms with van der Waals surface area (Å²) in [6, 6.07) is 4.20. The SMILES string of the molecule is Nc1ccc(CNC23CC4CC(CC(C4)C2)C3)s1. The summed E-state index contributed by atoms with van der Waals surface area (Å²) in [5.74, 6) is 3.08. The van der Waals surface area contributed by atoms with E-state index in [9.17, 15) is 0 Å². The van der Waals surface area contributed by atoms with Gasteiger partial charge in [-0.3, -0.25) is 0 Å². The van der Waals surface area contributed by atoms with Crippen molar-refractivity contribution >= 4 is 16.3 Å². The molecule has 4 fully saturated rings. The van der Waals surface area contributed by atoms with Crippen molar-refractivity contribution in [2.24, 2.45) is 17.8 Å². The summed E-state index contributed by atoms with van der Waals surface area (Å²) >= 11 is 1.73. The smallest absolute Gasteiger partial charge is 0.0859 e. The zero-order valence-corrected chi connectivity index (χ0v) is 11.6. The van der Waals surface area contributed by atoms with Crippen LogP contribution in [-0.4, -0.2) is 5.54 Å². The molecule has 1 aromatic heterocycles. The van der Waals surface area contributed by atoms with Crippen LogP contribution in [0.1, 0.15) is 43.4 Å². The fourth-order valence-electron chi connectivity index (χ4n) is 5.09. The molecule has 5 rings (SSSR count). The molecule has 0 unspecified atom stereocenters. The van der Waals surface area contributed by atoms with Gasteiger partial charge in [0, 0.05) is 17.0 Å². The third-order valence-corrected chi connectivity index (χ3v) is 6.27. The minimum atomic E-state index is 0.480. The van der Waals surface area contributed by atoms with Crippen LogP contribution in [0, 0.1) is 17.8 Å².